The molecule has 1 aromatic carbocycles. The van der Waals surface area contributed by atoms with Gasteiger partial charge in [-0.25, -0.2) is 14.0 Å². The number of halogens is 1. The van der Waals surface area contributed by atoms with Crippen LogP contribution in [0.4, 0.5) is 9.18 Å². The van der Waals surface area contributed by atoms with Crippen molar-refractivity contribution in [3.63, 3.8) is 0 Å². The number of amides is 3. The maximum Gasteiger partial charge on any atom is 0.341 e. The molecular formula is C13H15FN2O4. The summed E-state index contributed by atoms with van der Waals surface area (Å²) in [5.41, 5.74) is 4.54. The molecule has 6 nitrogen and oxygen atoms in total. The molecule has 3 amide bonds. The normalized spacial score (nSPS) is 11.8. The molecule has 1 rings (SSSR count). The molecule has 1 atom stereocenters. The third-order valence-electron chi connectivity index (χ3n) is 2.44. The van der Waals surface area contributed by atoms with Gasteiger partial charge in [0.25, 0.3) is 5.91 Å². The zero-order valence-electron chi connectivity index (χ0n) is 11.1. The molecule has 0 aliphatic rings. The molecule has 0 aromatic heterocycles. The fraction of sp³-hybridized carbons (Fsp3) is 0.308. The second kappa shape index (κ2) is 6.65. The van der Waals surface area contributed by atoms with Crippen molar-refractivity contribution in [3.8, 4) is 0 Å². The minimum Gasteiger partial charge on any atom is -0.448 e. The molecule has 0 unspecified atom stereocenters. The third kappa shape index (κ3) is 4.04. The second-order valence-corrected chi connectivity index (χ2v) is 4.40. The zero-order valence-corrected chi connectivity index (χ0v) is 11.1. The molecule has 0 saturated heterocycles. The Morgan fingerprint density at radius 2 is 1.85 bits per heavy atom. The number of hydrogen-bond donors (Lipinski definition) is 2. The first-order valence-electron chi connectivity index (χ1n) is 5.88. The summed E-state index contributed by atoms with van der Waals surface area (Å²) in [6.07, 6.45) is -1.24. The van der Waals surface area contributed by atoms with Crippen LogP contribution in [-0.4, -0.2) is 24.0 Å². The standard InChI is InChI=1S/C13H15FN2O4/c1-7(2)10(11(17)16-13(15)19)20-12(18)8-5-3-4-6-9(8)14/h3-7,10H,1-2H3,(H3,15,16,17,19)/t10-/m1/s1. The second-order valence-electron chi connectivity index (χ2n) is 4.40. The summed E-state index contributed by atoms with van der Waals surface area (Å²) in [5.74, 6) is -3.00. The van der Waals surface area contributed by atoms with E-state index >= 15 is 0 Å². The predicted molar refractivity (Wildman–Crippen MR) is 68.2 cm³/mol. The number of benzene rings is 1. The first-order valence-corrected chi connectivity index (χ1v) is 5.88. The fourth-order valence-electron chi connectivity index (χ4n) is 1.49. The summed E-state index contributed by atoms with van der Waals surface area (Å²) < 4.78 is 18.4. The van der Waals surface area contributed by atoms with Crippen molar-refractivity contribution in [2.24, 2.45) is 11.7 Å². The minimum atomic E-state index is -1.24. The van der Waals surface area contributed by atoms with E-state index in [2.05, 4.69) is 0 Å². The van der Waals surface area contributed by atoms with Crippen LogP contribution >= 0.6 is 0 Å². The van der Waals surface area contributed by atoms with Crippen LogP contribution in [-0.2, 0) is 9.53 Å². The molecule has 0 saturated carbocycles. The van der Waals surface area contributed by atoms with Crippen LogP contribution in [0.15, 0.2) is 24.3 Å². The van der Waals surface area contributed by atoms with E-state index < -0.39 is 35.7 Å². The Morgan fingerprint density at radius 3 is 2.35 bits per heavy atom. The number of imide groups is 1. The summed E-state index contributed by atoms with van der Waals surface area (Å²) in [6.45, 7) is 3.22. The van der Waals surface area contributed by atoms with Crippen LogP contribution in [0.3, 0.4) is 0 Å². The largest absolute Gasteiger partial charge is 0.448 e. The van der Waals surface area contributed by atoms with Gasteiger partial charge < -0.3 is 10.5 Å². The number of urea groups is 1. The number of nitrogens with two attached hydrogens (primary N) is 1. The topological polar surface area (TPSA) is 98.5 Å². The Bertz CT molecular complexity index is 531. The molecule has 0 heterocycles. The van der Waals surface area contributed by atoms with E-state index in [9.17, 15) is 18.8 Å². The first kappa shape index (κ1) is 15.6. The van der Waals surface area contributed by atoms with Crippen molar-refractivity contribution in [3.05, 3.63) is 35.6 Å². The molecule has 108 valence electrons. The quantitative estimate of drug-likeness (QED) is 0.811. The van der Waals surface area contributed by atoms with Gasteiger partial charge >= 0.3 is 12.0 Å². The summed E-state index contributed by atoms with van der Waals surface area (Å²) in [5, 5.41) is 1.82. The maximum absolute atomic E-state index is 13.4. The smallest absolute Gasteiger partial charge is 0.341 e. The average molecular weight is 282 g/mol. The Hall–Kier alpha value is -2.44. The Labute approximate surface area is 115 Å². The number of carbonyl (C=O) groups is 3. The molecule has 0 bridgehead atoms. The van der Waals surface area contributed by atoms with E-state index in [4.69, 9.17) is 10.5 Å². The van der Waals surface area contributed by atoms with Gasteiger partial charge in [0.2, 0.25) is 0 Å². The van der Waals surface area contributed by atoms with Crippen molar-refractivity contribution < 1.29 is 23.5 Å². The molecule has 0 fully saturated rings. The lowest BCUT2D eigenvalue weighted by Crippen LogP contribution is -2.45. The molecule has 3 N–H and O–H groups in total. The van der Waals surface area contributed by atoms with Crippen LogP contribution in [0.25, 0.3) is 0 Å². The average Bonchev–Trinajstić information content (AvgIpc) is 2.34. The number of primary amides is 1. The van der Waals surface area contributed by atoms with Crippen LogP contribution in [0, 0.1) is 11.7 Å². The first-order chi connectivity index (χ1) is 9.32. The fourth-order valence-corrected chi connectivity index (χ4v) is 1.49. The summed E-state index contributed by atoms with van der Waals surface area (Å²) in [4.78, 5) is 34.1. The molecular weight excluding hydrogens is 267 g/mol. The van der Waals surface area contributed by atoms with E-state index in [0.717, 1.165) is 6.07 Å². The molecule has 0 radical (unpaired) electrons. The van der Waals surface area contributed by atoms with Crippen LogP contribution in [0.2, 0.25) is 0 Å². The van der Waals surface area contributed by atoms with E-state index in [1.165, 1.54) is 18.2 Å². The number of carbonyl (C=O) groups excluding carboxylic acids is 3. The number of esters is 1. The molecule has 0 aliphatic carbocycles. The number of hydrogen-bond acceptors (Lipinski definition) is 4. The number of ether oxygens (including phenoxy) is 1. The van der Waals surface area contributed by atoms with E-state index in [-0.39, 0.29) is 5.56 Å². The zero-order chi connectivity index (χ0) is 15.3. The number of nitrogens with one attached hydrogen (secondary N) is 1. The van der Waals surface area contributed by atoms with Gasteiger partial charge in [-0.2, -0.15) is 0 Å². The third-order valence-corrected chi connectivity index (χ3v) is 2.44. The van der Waals surface area contributed by atoms with E-state index in [0.29, 0.717) is 0 Å². The number of rotatable bonds is 4. The highest BCUT2D eigenvalue weighted by Crippen LogP contribution is 2.13. The predicted octanol–water partition coefficient (Wildman–Crippen LogP) is 1.20. The van der Waals surface area contributed by atoms with Crippen LogP contribution < -0.4 is 11.1 Å². The van der Waals surface area contributed by atoms with Crippen molar-refractivity contribution in [2.75, 3.05) is 0 Å². The van der Waals surface area contributed by atoms with Gasteiger partial charge in [-0.05, 0) is 18.1 Å². The van der Waals surface area contributed by atoms with Gasteiger partial charge in [0, 0.05) is 0 Å². The SMILES string of the molecule is CC(C)[C@@H](OC(=O)c1ccccc1F)C(=O)NC(N)=O. The lowest BCUT2D eigenvalue weighted by atomic mass is 10.1. The molecule has 0 aliphatic heterocycles. The van der Waals surface area contributed by atoms with Gasteiger partial charge in [0.1, 0.15) is 5.82 Å². The highest BCUT2D eigenvalue weighted by atomic mass is 19.1. The Balaban J connectivity index is 2.86. The minimum absolute atomic E-state index is 0.287. The lowest BCUT2D eigenvalue weighted by molar-refractivity contribution is -0.130. The molecule has 20 heavy (non-hydrogen) atoms. The highest BCUT2D eigenvalue weighted by Gasteiger charge is 2.28. The van der Waals surface area contributed by atoms with Gasteiger partial charge in [-0.3, -0.25) is 10.1 Å². The Morgan fingerprint density at radius 1 is 1.25 bits per heavy atom. The van der Waals surface area contributed by atoms with Gasteiger partial charge in [-0.1, -0.05) is 26.0 Å². The van der Waals surface area contributed by atoms with Crippen LogP contribution in [0.5, 0.6) is 0 Å². The van der Waals surface area contributed by atoms with E-state index in [1.54, 1.807) is 13.8 Å². The monoisotopic (exact) mass is 282 g/mol. The lowest BCUT2D eigenvalue weighted by Gasteiger charge is -2.19. The van der Waals surface area contributed by atoms with Crippen molar-refractivity contribution in [1.82, 2.24) is 5.32 Å². The summed E-state index contributed by atoms with van der Waals surface area (Å²) >= 11 is 0. The van der Waals surface area contributed by atoms with Gasteiger partial charge in [-0.15, -0.1) is 0 Å². The maximum atomic E-state index is 13.4. The van der Waals surface area contributed by atoms with Gasteiger partial charge in [0.15, 0.2) is 6.10 Å². The van der Waals surface area contributed by atoms with Crippen LogP contribution in [0.1, 0.15) is 24.2 Å². The van der Waals surface area contributed by atoms with Crippen molar-refractivity contribution in [1.29, 1.82) is 0 Å². The van der Waals surface area contributed by atoms with Gasteiger partial charge in [0.05, 0.1) is 5.56 Å². The molecule has 1 aromatic rings. The van der Waals surface area contributed by atoms with Crippen molar-refractivity contribution >= 4 is 17.9 Å². The molecule has 0 spiro atoms. The summed E-state index contributed by atoms with van der Waals surface area (Å²) in [7, 11) is 0. The molecule has 7 heteroatoms. The Kier molecular flexibility index (Phi) is 5.19. The van der Waals surface area contributed by atoms with E-state index in [1.807, 2.05) is 5.32 Å². The van der Waals surface area contributed by atoms with Crippen molar-refractivity contribution in [2.45, 2.75) is 20.0 Å². The highest BCUT2D eigenvalue weighted by molar-refractivity contribution is 5.98. The summed E-state index contributed by atoms with van der Waals surface area (Å²) in [6, 6.07) is 4.17.